The Hall–Kier alpha value is -1.21. The number of hydrogen-bond acceptors (Lipinski definition) is 9. The summed E-state index contributed by atoms with van der Waals surface area (Å²) < 4.78 is 47.6. The third-order valence-corrected chi connectivity index (χ3v) is 12.1. The molecule has 2 atom stereocenters. The predicted molar refractivity (Wildman–Crippen MR) is 142 cm³/mol. The van der Waals surface area contributed by atoms with Crippen molar-refractivity contribution < 1.29 is 32.0 Å². The van der Waals surface area contributed by atoms with E-state index in [1.165, 1.54) is 0 Å². The van der Waals surface area contributed by atoms with Crippen molar-refractivity contribution in [2.45, 2.75) is 40.5 Å². The zero-order valence-corrected chi connectivity index (χ0v) is 23.4. The molecule has 0 aromatic heterocycles. The lowest BCUT2D eigenvalue weighted by molar-refractivity contribution is 0.103. The van der Waals surface area contributed by atoms with Crippen LogP contribution in [0.15, 0.2) is 48.5 Å². The predicted octanol–water partition coefficient (Wildman–Crippen LogP) is 8.25. The second-order valence-electron chi connectivity index (χ2n) is 6.96. The Balaban J connectivity index is 2.08. The molecule has 2 rings (SSSR count). The molecule has 11 heteroatoms. The van der Waals surface area contributed by atoms with Crippen molar-refractivity contribution in [2.24, 2.45) is 0 Å². The number of benzene rings is 2. The molecule has 2 aromatic carbocycles. The van der Waals surface area contributed by atoms with E-state index in [0.29, 0.717) is 34.1 Å². The molecule has 7 nitrogen and oxygen atoms in total. The molecule has 0 bridgehead atoms. The molecule has 0 N–H and O–H groups in total. The fourth-order valence-corrected chi connectivity index (χ4v) is 9.58. The highest BCUT2D eigenvalue weighted by molar-refractivity contribution is 8.55. The Kier molecular flexibility index (Phi) is 12.3. The average Bonchev–Trinajstić information content (AvgIpc) is 2.82. The van der Waals surface area contributed by atoms with Crippen LogP contribution < -0.4 is 9.05 Å². The van der Waals surface area contributed by atoms with Gasteiger partial charge in [-0.1, -0.05) is 13.8 Å². The fourth-order valence-electron chi connectivity index (χ4n) is 2.66. The summed E-state index contributed by atoms with van der Waals surface area (Å²) in [7, 11) is 0. The maximum absolute atomic E-state index is 12.9. The summed E-state index contributed by atoms with van der Waals surface area (Å²) in [6, 6.07) is 12.9. The first-order valence-corrected chi connectivity index (χ1v) is 17.5. The van der Waals surface area contributed by atoms with Crippen molar-refractivity contribution in [1.29, 1.82) is 0 Å². The van der Waals surface area contributed by atoms with Gasteiger partial charge in [-0.05, 0) is 98.0 Å². The number of hydrogen-bond donors (Lipinski definition) is 0. The summed E-state index contributed by atoms with van der Waals surface area (Å²) >= 11 is 2.33. The first kappa shape index (κ1) is 29.0. The molecule has 0 radical (unpaired) electrons. The van der Waals surface area contributed by atoms with Crippen LogP contribution in [0.3, 0.4) is 0 Å². The van der Waals surface area contributed by atoms with Gasteiger partial charge in [-0.3, -0.25) is 13.8 Å². The molecule has 34 heavy (non-hydrogen) atoms. The lowest BCUT2D eigenvalue weighted by atomic mass is 10.0. The Morgan fingerprint density at radius 2 is 1.03 bits per heavy atom. The van der Waals surface area contributed by atoms with Crippen LogP contribution in [0.5, 0.6) is 11.5 Å². The third-order valence-electron chi connectivity index (χ3n) is 4.15. The van der Waals surface area contributed by atoms with E-state index in [2.05, 4.69) is 0 Å². The minimum atomic E-state index is -3.31. The smallest absolute Gasteiger partial charge is 0.417 e. The number of rotatable bonds is 16. The topological polar surface area (TPSA) is 88.1 Å². The second-order valence-corrected chi connectivity index (χ2v) is 15.2. The van der Waals surface area contributed by atoms with Gasteiger partial charge in [-0.2, -0.15) is 0 Å². The maximum atomic E-state index is 12.9. The largest absolute Gasteiger partial charge is 0.440 e. The number of carbonyl (C=O) groups is 1. The van der Waals surface area contributed by atoms with Gasteiger partial charge in [0.15, 0.2) is 5.78 Å². The van der Waals surface area contributed by atoms with E-state index >= 15 is 0 Å². The summed E-state index contributed by atoms with van der Waals surface area (Å²) in [5.41, 5.74) is 0.902. The van der Waals surface area contributed by atoms with E-state index in [4.69, 9.17) is 18.1 Å². The fraction of sp³-hybridized carbons (Fsp3) is 0.435. The van der Waals surface area contributed by atoms with Crippen molar-refractivity contribution in [2.75, 3.05) is 24.7 Å². The zero-order valence-electron chi connectivity index (χ0n) is 19.9. The molecule has 2 aromatic rings. The van der Waals surface area contributed by atoms with Crippen LogP contribution in [0.1, 0.15) is 56.5 Å². The molecule has 0 saturated heterocycles. The lowest BCUT2D eigenvalue weighted by Gasteiger charge is -2.18. The zero-order chi connectivity index (χ0) is 25.0. The summed E-state index contributed by atoms with van der Waals surface area (Å²) in [4.78, 5) is 12.9. The van der Waals surface area contributed by atoms with E-state index in [0.717, 1.165) is 35.6 Å². The van der Waals surface area contributed by atoms with Crippen molar-refractivity contribution in [3.63, 3.8) is 0 Å². The Labute approximate surface area is 210 Å². The van der Waals surface area contributed by atoms with Gasteiger partial charge in [-0.25, -0.2) is 9.13 Å². The SMILES string of the molecule is CCCSP(=O)(OCC)Oc1ccc(C(=O)c2ccc(OP(=O)(OCC)SCCC)cc2)cc1. The summed E-state index contributed by atoms with van der Waals surface area (Å²) in [5.74, 6) is 1.86. The van der Waals surface area contributed by atoms with Crippen molar-refractivity contribution in [1.82, 2.24) is 0 Å². The van der Waals surface area contributed by atoms with Gasteiger partial charge in [0.25, 0.3) is 0 Å². The molecule has 0 aliphatic heterocycles. The van der Waals surface area contributed by atoms with Crippen LogP contribution in [0, 0.1) is 0 Å². The molecule has 2 unspecified atom stereocenters. The minimum Gasteiger partial charge on any atom is -0.417 e. The van der Waals surface area contributed by atoms with Crippen LogP contribution in [-0.4, -0.2) is 30.5 Å². The van der Waals surface area contributed by atoms with E-state index in [1.807, 2.05) is 13.8 Å². The normalized spacial score (nSPS) is 14.7. The molecule has 0 spiro atoms. The van der Waals surface area contributed by atoms with Crippen molar-refractivity contribution in [3.8, 4) is 11.5 Å². The molecular formula is C23H32O7P2S2. The molecule has 0 amide bonds. The van der Waals surface area contributed by atoms with Crippen LogP contribution in [0.2, 0.25) is 0 Å². The van der Waals surface area contributed by atoms with Crippen LogP contribution >= 0.6 is 36.4 Å². The first-order chi connectivity index (χ1) is 16.3. The van der Waals surface area contributed by atoms with Crippen LogP contribution in [0.4, 0.5) is 0 Å². The van der Waals surface area contributed by atoms with Gasteiger partial charge in [-0.15, -0.1) is 0 Å². The Bertz CT molecular complexity index is 918. The molecule has 0 fully saturated rings. The highest BCUT2D eigenvalue weighted by atomic mass is 32.7. The number of carbonyl (C=O) groups excluding carboxylic acids is 1. The summed E-state index contributed by atoms with van der Waals surface area (Å²) in [6.45, 7) is 1.46. The standard InChI is InChI=1S/C23H32O7P2S2/c1-5-17-33-31(25,27-7-3)29-21-13-9-19(10-14-21)23(24)20-11-15-22(16-12-20)30-32(26,28-8-4)34-18-6-2/h9-16H,5-8,17-18H2,1-4H3. The quantitative estimate of drug-likeness (QED) is 0.152. The van der Waals surface area contributed by atoms with Gasteiger partial charge in [0.05, 0.1) is 13.2 Å². The van der Waals surface area contributed by atoms with Gasteiger partial charge < -0.3 is 9.05 Å². The van der Waals surface area contributed by atoms with E-state index in [-0.39, 0.29) is 19.0 Å². The summed E-state index contributed by atoms with van der Waals surface area (Å²) in [5, 5.41) is 0. The van der Waals surface area contributed by atoms with Gasteiger partial charge >= 0.3 is 13.6 Å². The van der Waals surface area contributed by atoms with E-state index in [1.54, 1.807) is 62.4 Å². The highest BCUT2D eigenvalue weighted by Crippen LogP contribution is 2.61. The Morgan fingerprint density at radius 1 is 0.676 bits per heavy atom. The second kappa shape index (κ2) is 14.4. The Morgan fingerprint density at radius 3 is 1.32 bits per heavy atom. The average molecular weight is 547 g/mol. The van der Waals surface area contributed by atoms with E-state index in [9.17, 15) is 13.9 Å². The highest BCUT2D eigenvalue weighted by Gasteiger charge is 2.27. The molecule has 0 heterocycles. The van der Waals surface area contributed by atoms with Crippen LogP contribution in [0.25, 0.3) is 0 Å². The summed E-state index contributed by atoms with van der Waals surface area (Å²) in [6.07, 6.45) is 1.70. The maximum Gasteiger partial charge on any atom is 0.440 e. The molecular weight excluding hydrogens is 514 g/mol. The van der Waals surface area contributed by atoms with E-state index < -0.39 is 13.6 Å². The van der Waals surface area contributed by atoms with Crippen molar-refractivity contribution in [3.05, 3.63) is 59.7 Å². The third kappa shape index (κ3) is 9.10. The monoisotopic (exact) mass is 546 g/mol. The number of ketones is 1. The first-order valence-electron chi connectivity index (χ1n) is 11.2. The van der Waals surface area contributed by atoms with Crippen LogP contribution in [-0.2, 0) is 18.2 Å². The molecule has 0 saturated carbocycles. The minimum absolute atomic E-state index is 0.195. The molecule has 0 aliphatic rings. The molecule has 188 valence electrons. The van der Waals surface area contributed by atoms with Gasteiger partial charge in [0, 0.05) is 22.6 Å². The lowest BCUT2D eigenvalue weighted by Crippen LogP contribution is -2.02. The van der Waals surface area contributed by atoms with Gasteiger partial charge in [0.2, 0.25) is 0 Å². The molecule has 0 aliphatic carbocycles. The van der Waals surface area contributed by atoms with Gasteiger partial charge in [0.1, 0.15) is 11.5 Å². The van der Waals surface area contributed by atoms with Crippen molar-refractivity contribution >= 4 is 42.1 Å².